The summed E-state index contributed by atoms with van der Waals surface area (Å²) in [7, 11) is -2.23. The molecule has 0 aliphatic heterocycles. The molecule has 0 heterocycles. The molecule has 0 spiro atoms. The van der Waals surface area contributed by atoms with E-state index >= 15 is 0 Å². The zero-order chi connectivity index (χ0) is 5.21. The van der Waals surface area contributed by atoms with Crippen LogP contribution in [0.15, 0.2) is 0 Å². The zero-order valence-corrected chi connectivity index (χ0v) is 4.16. The number of rotatable bonds is 0. The monoisotopic (exact) mass is 93.0 g/mol. The molecule has 1 nitrogen and oxygen atoms in total. The van der Waals surface area contributed by atoms with Crippen molar-refractivity contribution in [2.75, 3.05) is 13.3 Å². The standard InChI is InChI=1S/C3H8OP/c1-5(2,3)4/h1H2,2-3H3/q-1/i2T. The molecule has 0 aromatic carbocycles. The van der Waals surface area contributed by atoms with Crippen molar-refractivity contribution < 1.29 is 6.26 Å². The average Bonchev–Trinajstić information content (AvgIpc) is 1.35. The van der Waals surface area contributed by atoms with Crippen LogP contribution in [0.3, 0.4) is 0 Å². The van der Waals surface area contributed by atoms with E-state index in [1.165, 1.54) is 6.66 Å². The summed E-state index contributed by atoms with van der Waals surface area (Å²) in [5.41, 5.74) is 0. The van der Waals surface area contributed by atoms with Crippen LogP contribution >= 0.6 is 7.11 Å². The zero-order valence-electron chi connectivity index (χ0n) is 4.27. The van der Waals surface area contributed by atoms with Crippen molar-refractivity contribution in [2.24, 2.45) is 0 Å². The van der Waals surface area contributed by atoms with Crippen molar-refractivity contribution in [1.82, 2.24) is 0 Å². The van der Waals surface area contributed by atoms with Crippen molar-refractivity contribution in [2.45, 2.75) is 0 Å². The summed E-state index contributed by atoms with van der Waals surface area (Å²) in [6.07, 6.45) is 3.26. The first kappa shape index (κ1) is 3.45. The third-order valence-electron chi connectivity index (χ3n) is 0. The Morgan fingerprint density at radius 3 is 2.40 bits per heavy atom. The highest BCUT2D eigenvalue weighted by Crippen LogP contribution is 2.19. The SMILES string of the molecule is [3H]CP(=C)(C)[O-]. The van der Waals surface area contributed by atoms with Crippen molar-refractivity contribution in [3.05, 3.63) is 0 Å². The lowest BCUT2D eigenvalue weighted by atomic mass is 11.9. The largest absolute Gasteiger partial charge is 0.829 e. The van der Waals surface area contributed by atoms with E-state index in [2.05, 4.69) is 6.30 Å². The summed E-state index contributed by atoms with van der Waals surface area (Å²) in [5, 5.41) is 0. The Morgan fingerprint density at radius 2 is 2.40 bits per heavy atom. The van der Waals surface area contributed by atoms with E-state index in [9.17, 15) is 4.89 Å². The molecule has 2 heteroatoms. The van der Waals surface area contributed by atoms with E-state index in [1.54, 1.807) is 0 Å². The summed E-state index contributed by atoms with van der Waals surface area (Å²) in [6.45, 7) is 1.47. The molecular weight excluding hydrogens is 83.0 g/mol. The number of hydrogen-bond acceptors (Lipinski definition) is 1. The molecule has 32 valence electrons. The van der Waals surface area contributed by atoms with Crippen molar-refractivity contribution in [3.63, 3.8) is 0 Å². The maximum Gasteiger partial charge on any atom is 0.0267 e. The van der Waals surface area contributed by atoms with Gasteiger partial charge in [0.1, 0.15) is 0 Å². The summed E-state index contributed by atoms with van der Waals surface area (Å²) < 4.78 is 6.53. The van der Waals surface area contributed by atoms with Gasteiger partial charge in [0.2, 0.25) is 0 Å². The van der Waals surface area contributed by atoms with Gasteiger partial charge in [-0.15, -0.1) is 6.30 Å². The average molecular weight is 93.1 g/mol. The lowest BCUT2D eigenvalue weighted by molar-refractivity contribution is -0.159. The molecule has 0 aliphatic carbocycles. The molecule has 1 unspecified atom stereocenters. The topological polar surface area (TPSA) is 23.1 Å². The van der Waals surface area contributed by atoms with E-state index < -0.39 is 7.11 Å². The normalized spacial score (nSPS) is 24.0. The molecule has 0 amide bonds. The Hall–Kier alpha value is 0.260. The fraction of sp³-hybridized carbons (Fsp3) is 0.667. The van der Waals surface area contributed by atoms with Gasteiger partial charge in [0.15, 0.2) is 0 Å². The van der Waals surface area contributed by atoms with E-state index in [0.717, 1.165) is 0 Å². The van der Waals surface area contributed by atoms with Crippen LogP contribution in [0.2, 0.25) is 0 Å². The van der Waals surface area contributed by atoms with Crippen molar-refractivity contribution in [1.29, 1.82) is 0 Å². The predicted octanol–water partition coefficient (Wildman–Crippen LogP) is -0.0291. The van der Waals surface area contributed by atoms with E-state index in [0.29, 0.717) is 0 Å². The van der Waals surface area contributed by atoms with Gasteiger partial charge in [-0.05, 0) is 0 Å². The van der Waals surface area contributed by atoms with Gasteiger partial charge in [-0.1, -0.05) is 13.3 Å². The van der Waals surface area contributed by atoms with Crippen molar-refractivity contribution in [3.8, 4) is 0 Å². The summed E-state index contributed by atoms with van der Waals surface area (Å²) >= 11 is 0. The predicted molar refractivity (Wildman–Crippen MR) is 25.9 cm³/mol. The molecule has 0 radical (unpaired) electrons. The molecular formula is C3H8OP-. The molecule has 0 aromatic heterocycles. The Labute approximate surface area is 34.1 Å². The minimum Gasteiger partial charge on any atom is -0.829 e. The molecule has 0 saturated heterocycles. The first-order valence-electron chi connectivity index (χ1n) is 1.97. The van der Waals surface area contributed by atoms with Crippen LogP contribution in [0.5, 0.6) is 0 Å². The minimum atomic E-state index is -2.23. The van der Waals surface area contributed by atoms with Gasteiger partial charge in [0.05, 0.1) is 0 Å². The maximum atomic E-state index is 10.3. The third kappa shape index (κ3) is 322. The Morgan fingerprint density at radius 1 is 2.20 bits per heavy atom. The Bertz CT molecular complexity index is 74.9. The number of hydrogen-bond donors (Lipinski definition) is 0. The van der Waals surface area contributed by atoms with Crippen LogP contribution < -0.4 is 4.89 Å². The molecule has 1 atom stereocenters. The van der Waals surface area contributed by atoms with Crippen LogP contribution in [0.1, 0.15) is 1.37 Å². The van der Waals surface area contributed by atoms with Gasteiger partial charge in [0.25, 0.3) is 0 Å². The Balaban J connectivity index is 3.48. The second-order valence-corrected chi connectivity index (χ2v) is 3.89. The summed E-state index contributed by atoms with van der Waals surface area (Å²) in [6, 6.07) is 0. The molecule has 5 heavy (non-hydrogen) atoms. The maximum absolute atomic E-state index is 10.3. The molecule has 0 aromatic rings. The van der Waals surface area contributed by atoms with Crippen LogP contribution in [0, 0.1) is 0 Å². The van der Waals surface area contributed by atoms with E-state index in [1.807, 2.05) is 0 Å². The van der Waals surface area contributed by atoms with Crippen molar-refractivity contribution >= 4 is 13.4 Å². The smallest absolute Gasteiger partial charge is 0.0267 e. The molecule has 0 saturated carbocycles. The highest BCUT2D eigenvalue weighted by molar-refractivity contribution is 7.65. The lowest BCUT2D eigenvalue weighted by Gasteiger charge is -2.15. The summed E-state index contributed by atoms with van der Waals surface area (Å²) in [4.78, 5) is 10.3. The lowest BCUT2D eigenvalue weighted by Crippen LogP contribution is -1.93. The molecule has 0 aliphatic rings. The van der Waals surface area contributed by atoms with Crippen LogP contribution in [-0.2, 0) is 0 Å². The highest BCUT2D eigenvalue weighted by atomic mass is 31.2. The van der Waals surface area contributed by atoms with E-state index in [4.69, 9.17) is 1.37 Å². The molecule has 0 N–H and O–H groups in total. The fourth-order valence-corrected chi connectivity index (χ4v) is 0. The molecule has 0 fully saturated rings. The van der Waals surface area contributed by atoms with Gasteiger partial charge in [-0.2, -0.15) is 0 Å². The van der Waals surface area contributed by atoms with Crippen LogP contribution in [-0.4, -0.2) is 19.6 Å². The van der Waals surface area contributed by atoms with Gasteiger partial charge >= 0.3 is 0 Å². The third-order valence-corrected chi connectivity index (χ3v) is 0. The van der Waals surface area contributed by atoms with Gasteiger partial charge in [0, 0.05) is 1.37 Å². The van der Waals surface area contributed by atoms with Gasteiger partial charge in [-0.3, -0.25) is 0 Å². The molecule has 0 rings (SSSR count). The minimum absolute atomic E-state index is 0.0347. The van der Waals surface area contributed by atoms with Crippen LogP contribution in [0.4, 0.5) is 0 Å². The quantitative estimate of drug-likeness (QED) is 0.386. The second-order valence-electron chi connectivity index (χ2n) is 1.30. The second kappa shape index (κ2) is 1.16. The highest BCUT2D eigenvalue weighted by Gasteiger charge is 1.65. The fourth-order valence-electron chi connectivity index (χ4n) is 0. The van der Waals surface area contributed by atoms with E-state index in [-0.39, 0.29) is 6.64 Å². The first-order chi connectivity index (χ1) is 2.56. The first-order valence-corrected chi connectivity index (χ1v) is 3.79. The van der Waals surface area contributed by atoms with Crippen LogP contribution in [0.25, 0.3) is 0 Å². The van der Waals surface area contributed by atoms with Gasteiger partial charge < -0.3 is 4.89 Å². The Kier molecular flexibility index (Phi) is 0.797. The van der Waals surface area contributed by atoms with Gasteiger partial charge in [-0.25, -0.2) is 7.11 Å². The molecule has 0 bridgehead atoms. The summed E-state index contributed by atoms with van der Waals surface area (Å²) in [5.74, 6) is 0.